The van der Waals surface area contributed by atoms with Crippen molar-refractivity contribution in [3.63, 3.8) is 0 Å². The number of ketones is 1. The van der Waals surface area contributed by atoms with Crippen LogP contribution in [-0.2, 0) is 4.79 Å². The van der Waals surface area contributed by atoms with E-state index in [1.54, 1.807) is 34.9 Å². The zero-order valence-corrected chi connectivity index (χ0v) is 12.7. The molecule has 0 spiro atoms. The fourth-order valence-corrected chi connectivity index (χ4v) is 2.56. The number of hydrogen-bond acceptors (Lipinski definition) is 3. The van der Waals surface area contributed by atoms with Crippen molar-refractivity contribution in [2.24, 2.45) is 0 Å². The number of aliphatic hydroxyl groups excluding tert-OH is 1. The van der Waals surface area contributed by atoms with Crippen LogP contribution in [0.25, 0.3) is 16.6 Å². The number of fused-ring (bicyclic) bond motifs is 1. The Morgan fingerprint density at radius 2 is 1.88 bits per heavy atom. The summed E-state index contributed by atoms with van der Waals surface area (Å²) in [6, 6.07) is 12.9. The summed E-state index contributed by atoms with van der Waals surface area (Å²) in [5.74, 6) is -1.89. The van der Waals surface area contributed by atoms with Gasteiger partial charge in [0, 0.05) is 23.8 Å². The average molecular weight is 326 g/mol. The highest BCUT2D eigenvalue weighted by atomic mass is 19.1. The van der Waals surface area contributed by atoms with E-state index in [9.17, 15) is 14.0 Å². The lowest BCUT2D eigenvalue weighted by Crippen LogP contribution is -2.33. The lowest BCUT2D eigenvalue weighted by molar-refractivity contribution is -0.117. The van der Waals surface area contributed by atoms with Crippen LogP contribution in [0, 0.1) is 5.82 Å². The third-order valence-corrected chi connectivity index (χ3v) is 3.65. The first-order valence-corrected chi connectivity index (χ1v) is 7.41. The molecule has 0 aliphatic rings. The molecule has 6 heteroatoms. The monoisotopic (exact) mass is 326 g/mol. The number of aromatic nitrogens is 1. The van der Waals surface area contributed by atoms with Gasteiger partial charge in [0.2, 0.25) is 0 Å². The van der Waals surface area contributed by atoms with Crippen LogP contribution in [-0.4, -0.2) is 34.3 Å². The van der Waals surface area contributed by atoms with Crippen LogP contribution in [0.15, 0.2) is 54.7 Å². The quantitative estimate of drug-likeness (QED) is 0.557. The number of aliphatic hydroxyl groups is 1. The fraction of sp³-hybridized carbons (Fsp3) is 0.111. The molecular formula is C18H15FN2O3. The highest BCUT2D eigenvalue weighted by molar-refractivity contribution is 6.43. The third-order valence-electron chi connectivity index (χ3n) is 3.65. The molecule has 0 aliphatic heterocycles. The number of amides is 1. The van der Waals surface area contributed by atoms with Crippen LogP contribution in [0.2, 0.25) is 0 Å². The molecule has 2 aromatic heterocycles. The second-order valence-electron chi connectivity index (χ2n) is 5.22. The van der Waals surface area contributed by atoms with Crippen LogP contribution in [0.1, 0.15) is 10.5 Å². The zero-order valence-electron chi connectivity index (χ0n) is 12.7. The van der Waals surface area contributed by atoms with Crippen LogP contribution in [0.5, 0.6) is 0 Å². The predicted molar refractivity (Wildman–Crippen MR) is 87.2 cm³/mol. The van der Waals surface area contributed by atoms with Gasteiger partial charge in [-0.05, 0) is 35.9 Å². The molecule has 0 fully saturated rings. The molecule has 3 aromatic rings. The first kappa shape index (κ1) is 15.9. The normalized spacial score (nSPS) is 10.8. The van der Waals surface area contributed by atoms with Gasteiger partial charge in [0.25, 0.3) is 11.7 Å². The van der Waals surface area contributed by atoms with E-state index in [1.165, 1.54) is 12.1 Å². The van der Waals surface area contributed by atoms with Crippen molar-refractivity contribution in [1.82, 2.24) is 9.72 Å². The zero-order chi connectivity index (χ0) is 17.1. The highest BCUT2D eigenvalue weighted by Gasteiger charge is 2.24. The van der Waals surface area contributed by atoms with E-state index in [0.29, 0.717) is 11.1 Å². The number of rotatable bonds is 5. The Morgan fingerprint density at radius 1 is 1.12 bits per heavy atom. The van der Waals surface area contributed by atoms with Gasteiger partial charge in [0.05, 0.1) is 6.61 Å². The fourth-order valence-electron chi connectivity index (χ4n) is 2.56. The Kier molecular flexibility index (Phi) is 4.39. The molecule has 0 radical (unpaired) electrons. The lowest BCUT2D eigenvalue weighted by Gasteiger charge is -2.07. The summed E-state index contributed by atoms with van der Waals surface area (Å²) in [6.45, 7) is -0.251. The van der Waals surface area contributed by atoms with Gasteiger partial charge in [-0.3, -0.25) is 9.59 Å². The van der Waals surface area contributed by atoms with Gasteiger partial charge >= 0.3 is 0 Å². The van der Waals surface area contributed by atoms with Crippen molar-refractivity contribution in [1.29, 1.82) is 0 Å². The molecule has 0 bridgehead atoms. The summed E-state index contributed by atoms with van der Waals surface area (Å²) in [5.41, 5.74) is 2.13. The number of carbonyl (C=O) groups excluding carboxylic acids is 2. The average Bonchev–Trinajstić information content (AvgIpc) is 2.99. The number of carbonyl (C=O) groups is 2. The number of Topliss-reactive ketones (excluding diaryl/α,β-unsaturated/α-hetero) is 1. The molecular weight excluding hydrogens is 311 g/mol. The first-order chi connectivity index (χ1) is 11.6. The molecule has 2 N–H and O–H groups in total. The molecule has 5 nitrogen and oxygen atoms in total. The van der Waals surface area contributed by atoms with Crippen molar-refractivity contribution in [3.8, 4) is 11.1 Å². The van der Waals surface area contributed by atoms with Crippen LogP contribution >= 0.6 is 0 Å². The van der Waals surface area contributed by atoms with E-state index in [4.69, 9.17) is 5.11 Å². The molecule has 3 rings (SSSR count). The Bertz CT molecular complexity index is 900. The Morgan fingerprint density at radius 3 is 2.58 bits per heavy atom. The molecule has 0 aliphatic carbocycles. The summed E-state index contributed by atoms with van der Waals surface area (Å²) in [5, 5.41) is 11.2. The summed E-state index contributed by atoms with van der Waals surface area (Å²) in [7, 11) is 0. The Balaban J connectivity index is 2.13. The standard InChI is InChI=1S/C18H15FN2O3/c19-13-6-4-12(5-7-13)15-11-14-3-1-2-9-21(14)16(15)17(23)18(24)20-8-10-22/h1-7,9,11,22H,8,10H2,(H,20,24). The van der Waals surface area contributed by atoms with Gasteiger partial charge in [0.15, 0.2) is 0 Å². The molecule has 0 unspecified atom stereocenters. The maximum atomic E-state index is 13.2. The number of halogens is 1. The lowest BCUT2D eigenvalue weighted by atomic mass is 10.0. The van der Waals surface area contributed by atoms with Crippen molar-refractivity contribution in [2.45, 2.75) is 0 Å². The Labute approximate surface area is 137 Å². The van der Waals surface area contributed by atoms with Gasteiger partial charge < -0.3 is 14.8 Å². The second kappa shape index (κ2) is 6.64. The maximum absolute atomic E-state index is 13.2. The summed E-state index contributed by atoms with van der Waals surface area (Å²) in [6.07, 6.45) is 1.69. The number of nitrogens with one attached hydrogen (secondary N) is 1. The van der Waals surface area contributed by atoms with Gasteiger partial charge in [-0.2, -0.15) is 0 Å². The first-order valence-electron chi connectivity index (χ1n) is 7.41. The van der Waals surface area contributed by atoms with Crippen molar-refractivity contribution < 1.29 is 19.1 Å². The summed E-state index contributed by atoms with van der Waals surface area (Å²) < 4.78 is 14.8. The number of hydrogen-bond donors (Lipinski definition) is 2. The maximum Gasteiger partial charge on any atom is 0.294 e. The molecule has 1 amide bonds. The molecule has 1 aromatic carbocycles. The van der Waals surface area contributed by atoms with Gasteiger partial charge in [-0.15, -0.1) is 0 Å². The topological polar surface area (TPSA) is 70.8 Å². The summed E-state index contributed by atoms with van der Waals surface area (Å²) in [4.78, 5) is 24.6. The molecule has 0 atom stereocenters. The van der Waals surface area contributed by atoms with E-state index < -0.39 is 11.7 Å². The van der Waals surface area contributed by atoms with Crippen LogP contribution in [0.4, 0.5) is 4.39 Å². The van der Waals surface area contributed by atoms with E-state index in [0.717, 1.165) is 5.52 Å². The minimum Gasteiger partial charge on any atom is -0.395 e. The minimum absolute atomic E-state index is 0.000235. The minimum atomic E-state index is -0.795. The molecule has 0 saturated heterocycles. The van der Waals surface area contributed by atoms with Crippen molar-refractivity contribution >= 4 is 17.2 Å². The van der Waals surface area contributed by atoms with Crippen molar-refractivity contribution in [3.05, 3.63) is 66.2 Å². The highest BCUT2D eigenvalue weighted by Crippen LogP contribution is 2.28. The summed E-state index contributed by atoms with van der Waals surface area (Å²) >= 11 is 0. The molecule has 24 heavy (non-hydrogen) atoms. The van der Waals surface area contributed by atoms with E-state index in [-0.39, 0.29) is 24.7 Å². The molecule has 0 saturated carbocycles. The van der Waals surface area contributed by atoms with E-state index in [1.807, 2.05) is 12.1 Å². The van der Waals surface area contributed by atoms with Crippen LogP contribution < -0.4 is 5.32 Å². The number of benzene rings is 1. The SMILES string of the molecule is O=C(NCCO)C(=O)c1c(-c2ccc(F)cc2)cc2ccccn12. The smallest absolute Gasteiger partial charge is 0.294 e. The number of nitrogens with zero attached hydrogens (tertiary/aromatic N) is 1. The predicted octanol–water partition coefficient (Wildman–Crippen LogP) is 2.04. The third kappa shape index (κ3) is 2.91. The van der Waals surface area contributed by atoms with E-state index >= 15 is 0 Å². The van der Waals surface area contributed by atoms with Gasteiger partial charge in [-0.25, -0.2) is 4.39 Å². The van der Waals surface area contributed by atoms with Crippen LogP contribution in [0.3, 0.4) is 0 Å². The second-order valence-corrected chi connectivity index (χ2v) is 5.22. The van der Waals surface area contributed by atoms with Crippen molar-refractivity contribution in [2.75, 3.05) is 13.2 Å². The molecule has 122 valence electrons. The Hall–Kier alpha value is -2.99. The van der Waals surface area contributed by atoms with Gasteiger partial charge in [0.1, 0.15) is 11.5 Å². The van der Waals surface area contributed by atoms with Gasteiger partial charge in [-0.1, -0.05) is 18.2 Å². The molecule has 2 heterocycles. The largest absolute Gasteiger partial charge is 0.395 e. The number of pyridine rings is 1. The van der Waals surface area contributed by atoms with E-state index in [2.05, 4.69) is 5.32 Å².